The monoisotopic (exact) mass is 368 g/mol. The van der Waals surface area contributed by atoms with E-state index in [9.17, 15) is 18.0 Å². The van der Waals surface area contributed by atoms with Gasteiger partial charge < -0.3 is 5.32 Å². The molecule has 7 nitrogen and oxygen atoms in total. The molecule has 0 spiro atoms. The molecule has 1 saturated heterocycles. The first-order chi connectivity index (χ1) is 12.6. The number of ketones is 1. The van der Waals surface area contributed by atoms with E-state index in [0.717, 1.165) is 4.31 Å². The molecule has 137 valence electrons. The number of sulfonamides is 1. The van der Waals surface area contributed by atoms with Crippen LogP contribution in [-0.4, -0.2) is 48.5 Å². The fourth-order valence-electron chi connectivity index (χ4n) is 2.28. The molecule has 1 fully saturated rings. The molecule has 2 rings (SSSR count). The minimum Gasteiger partial charge on any atom is -0.346 e. The Kier molecular flexibility index (Phi) is 5.68. The van der Waals surface area contributed by atoms with E-state index in [2.05, 4.69) is 10.3 Å². The van der Waals surface area contributed by atoms with Crippen LogP contribution in [0.15, 0.2) is 29.4 Å². The highest BCUT2D eigenvalue weighted by atomic mass is 32.2. The van der Waals surface area contributed by atoms with Crippen LogP contribution in [0, 0.1) is 12.3 Å². The summed E-state index contributed by atoms with van der Waals surface area (Å²) in [5.74, 6) is -1.31. The molecule has 25 heavy (non-hydrogen) atoms. The number of Topliss-reactive ketones (excluding diaryl/α,β-unsaturated/α-hetero) is 1. The van der Waals surface area contributed by atoms with Crippen molar-refractivity contribution in [3.8, 4) is 0 Å². The zero-order chi connectivity index (χ0) is 20.2. The van der Waals surface area contributed by atoms with Gasteiger partial charge in [-0.3, -0.25) is 9.59 Å². The van der Waals surface area contributed by atoms with Gasteiger partial charge in [0.15, 0.2) is 10.8 Å². The topological polar surface area (TPSA) is 96.4 Å². The number of carbonyl (C=O) groups excluding carboxylic acids is 2. The van der Waals surface area contributed by atoms with Crippen LogP contribution in [-0.2, 0) is 19.6 Å². The number of hydrogen-bond donors (Lipinski definition) is 1. The third kappa shape index (κ3) is 5.34. The van der Waals surface area contributed by atoms with Crippen molar-refractivity contribution in [2.75, 3.05) is 13.1 Å². The molecule has 0 bridgehead atoms. The zero-order valence-electron chi connectivity index (χ0n) is 16.3. The van der Waals surface area contributed by atoms with Gasteiger partial charge in [0.1, 0.15) is 0 Å². The van der Waals surface area contributed by atoms with Crippen LogP contribution >= 0.6 is 0 Å². The summed E-state index contributed by atoms with van der Waals surface area (Å²) in [6, 6.07) is 2.31. The molecule has 1 amide bonds. The van der Waals surface area contributed by atoms with E-state index < -0.39 is 34.3 Å². The van der Waals surface area contributed by atoms with E-state index in [0.29, 0.717) is 6.42 Å². The average molecular weight is 368 g/mol. The molecule has 1 radical (unpaired) electrons. The predicted octanol–water partition coefficient (Wildman–Crippen LogP) is 1.17. The summed E-state index contributed by atoms with van der Waals surface area (Å²) in [5.41, 5.74) is 0. The SMILES string of the molecule is [2H]C1C(=O)[C@@]([2H])(NC(=O)[CH]CC(C)C)CCCN1S(=O)(=O)c1ccccn1. The number of carbonyl (C=O) groups is 2. The molecule has 1 unspecified atom stereocenters. The number of hydrogen-bond acceptors (Lipinski definition) is 5. The number of rotatable bonds is 6. The molecule has 1 aliphatic rings. The fourth-order valence-corrected chi connectivity index (χ4v) is 3.57. The van der Waals surface area contributed by atoms with Gasteiger partial charge in [-0.1, -0.05) is 19.9 Å². The van der Waals surface area contributed by atoms with Gasteiger partial charge in [0.2, 0.25) is 5.91 Å². The van der Waals surface area contributed by atoms with Crippen molar-refractivity contribution in [1.29, 1.82) is 0 Å². The summed E-state index contributed by atoms with van der Waals surface area (Å²) in [5, 5.41) is 2.09. The Balaban J connectivity index is 2.21. The molecule has 2 heterocycles. The summed E-state index contributed by atoms with van der Waals surface area (Å²) in [6.07, 6.45) is 3.24. The number of amides is 1. The first-order valence-electron chi connectivity index (χ1n) is 9.20. The smallest absolute Gasteiger partial charge is 0.260 e. The standard InChI is InChI=1S/C17H24N3O4S/c1-13(2)8-9-16(22)19-14-6-5-11-20(12-15(14)21)25(23,24)17-7-3-4-10-18-17/h3-4,7,9-10,13-14H,5-6,8,11-12H2,1-2H3,(H,19,22)/t14-/m0/s1/i12D,14D/t12?,14-. The molecule has 8 heteroatoms. The maximum Gasteiger partial charge on any atom is 0.260 e. The second-order valence-corrected chi connectivity index (χ2v) is 8.02. The van der Waals surface area contributed by atoms with E-state index >= 15 is 0 Å². The molecular formula is C17H24N3O4S. The van der Waals surface area contributed by atoms with E-state index in [1.165, 1.54) is 24.8 Å². The van der Waals surface area contributed by atoms with Gasteiger partial charge in [-0.25, -0.2) is 13.4 Å². The summed E-state index contributed by atoms with van der Waals surface area (Å²) in [6.45, 7) is 1.92. The Hall–Kier alpha value is -1.80. The van der Waals surface area contributed by atoms with Crippen molar-refractivity contribution in [2.45, 2.75) is 44.2 Å². The highest BCUT2D eigenvalue weighted by Crippen LogP contribution is 2.17. The van der Waals surface area contributed by atoms with Crippen LogP contribution in [0.1, 0.15) is 35.9 Å². The minimum atomic E-state index is -4.16. The maximum atomic E-state index is 12.7. The Morgan fingerprint density at radius 1 is 1.56 bits per heavy atom. The third-order valence-corrected chi connectivity index (χ3v) is 5.30. The lowest BCUT2D eigenvalue weighted by molar-refractivity contribution is -0.126. The van der Waals surface area contributed by atoms with Crippen molar-refractivity contribution in [1.82, 2.24) is 14.6 Å². The predicted molar refractivity (Wildman–Crippen MR) is 92.9 cm³/mol. The quantitative estimate of drug-likeness (QED) is 0.813. The van der Waals surface area contributed by atoms with E-state index in [1.807, 2.05) is 13.8 Å². The van der Waals surface area contributed by atoms with Gasteiger partial charge in [-0.15, -0.1) is 0 Å². The van der Waals surface area contributed by atoms with Crippen LogP contribution in [0.3, 0.4) is 0 Å². The second kappa shape index (κ2) is 8.53. The zero-order valence-corrected chi connectivity index (χ0v) is 15.1. The Morgan fingerprint density at radius 2 is 2.32 bits per heavy atom. The van der Waals surface area contributed by atoms with E-state index in [-0.39, 0.29) is 30.3 Å². The van der Waals surface area contributed by atoms with Crippen molar-refractivity contribution < 1.29 is 20.7 Å². The van der Waals surface area contributed by atoms with E-state index in [1.54, 1.807) is 6.07 Å². The summed E-state index contributed by atoms with van der Waals surface area (Å²) >= 11 is 0. The van der Waals surface area contributed by atoms with Gasteiger partial charge >= 0.3 is 0 Å². The number of pyridine rings is 1. The molecule has 1 aromatic rings. The van der Waals surface area contributed by atoms with Crippen molar-refractivity contribution in [2.24, 2.45) is 5.92 Å². The van der Waals surface area contributed by atoms with Crippen molar-refractivity contribution in [3.05, 3.63) is 30.8 Å². The molecule has 1 aromatic heterocycles. The number of nitrogens with one attached hydrogen (secondary N) is 1. The van der Waals surface area contributed by atoms with Crippen molar-refractivity contribution >= 4 is 21.7 Å². The summed E-state index contributed by atoms with van der Waals surface area (Å²) in [7, 11) is -4.16. The molecule has 1 N–H and O–H groups in total. The first-order valence-corrected chi connectivity index (χ1v) is 9.57. The molecular weight excluding hydrogens is 342 g/mol. The number of nitrogens with zero attached hydrogens (tertiary/aromatic N) is 2. The Morgan fingerprint density at radius 3 is 2.96 bits per heavy atom. The maximum absolute atomic E-state index is 12.7. The average Bonchev–Trinajstić information content (AvgIpc) is 2.73. The van der Waals surface area contributed by atoms with Crippen LogP contribution in [0.4, 0.5) is 0 Å². The summed E-state index contributed by atoms with van der Waals surface area (Å²) in [4.78, 5) is 28.5. The van der Waals surface area contributed by atoms with Crippen LogP contribution in [0.5, 0.6) is 0 Å². The van der Waals surface area contributed by atoms with E-state index in [4.69, 9.17) is 2.74 Å². The molecule has 2 atom stereocenters. The van der Waals surface area contributed by atoms with Gasteiger partial charge in [0.25, 0.3) is 10.0 Å². The van der Waals surface area contributed by atoms with Gasteiger partial charge in [-0.05, 0) is 37.3 Å². The largest absolute Gasteiger partial charge is 0.346 e. The number of aromatic nitrogens is 1. The first kappa shape index (κ1) is 16.7. The van der Waals surface area contributed by atoms with Gasteiger partial charge in [-0.2, -0.15) is 4.31 Å². The fraction of sp³-hybridized carbons (Fsp3) is 0.529. The highest BCUT2D eigenvalue weighted by Gasteiger charge is 2.33. The lowest BCUT2D eigenvalue weighted by Gasteiger charge is -2.19. The molecule has 0 saturated carbocycles. The third-order valence-electron chi connectivity index (χ3n) is 3.62. The molecule has 0 aliphatic carbocycles. The van der Waals surface area contributed by atoms with Gasteiger partial charge in [0, 0.05) is 19.2 Å². The Labute approximate surface area is 151 Å². The van der Waals surface area contributed by atoms with Crippen LogP contribution < -0.4 is 5.32 Å². The molecule has 1 aliphatic heterocycles. The van der Waals surface area contributed by atoms with Crippen LogP contribution in [0.25, 0.3) is 0 Å². The van der Waals surface area contributed by atoms with Crippen LogP contribution in [0.2, 0.25) is 0 Å². The highest BCUT2D eigenvalue weighted by molar-refractivity contribution is 7.89. The lowest BCUT2D eigenvalue weighted by atomic mass is 10.1. The Bertz CT molecular complexity index is 789. The van der Waals surface area contributed by atoms with Gasteiger partial charge in [0.05, 0.1) is 15.3 Å². The summed E-state index contributed by atoms with van der Waals surface area (Å²) < 4.78 is 42.7. The molecule has 0 aromatic carbocycles. The lowest BCUT2D eigenvalue weighted by Crippen LogP contribution is -2.44. The second-order valence-electron chi connectivity index (χ2n) is 6.18. The normalized spacial score (nSPS) is 26.7. The minimum absolute atomic E-state index is 0.0727. The van der Waals surface area contributed by atoms with Crippen molar-refractivity contribution in [3.63, 3.8) is 0 Å².